The molecule has 2 aromatic rings. The SMILES string of the molecule is Cc1cc(C(=O)O)cc(OCc2cccs2)n1. The molecule has 0 amide bonds. The summed E-state index contributed by atoms with van der Waals surface area (Å²) in [7, 11) is 0. The third kappa shape index (κ3) is 3.04. The molecule has 88 valence electrons. The van der Waals surface area contributed by atoms with E-state index < -0.39 is 5.97 Å². The Labute approximate surface area is 103 Å². The van der Waals surface area contributed by atoms with Crippen LogP contribution < -0.4 is 4.74 Å². The van der Waals surface area contributed by atoms with Gasteiger partial charge in [-0.3, -0.25) is 0 Å². The molecule has 2 aromatic heterocycles. The predicted molar refractivity (Wildman–Crippen MR) is 64.6 cm³/mol. The van der Waals surface area contributed by atoms with E-state index in [9.17, 15) is 4.79 Å². The van der Waals surface area contributed by atoms with Crippen LogP contribution in [0.25, 0.3) is 0 Å². The average Bonchev–Trinajstić information content (AvgIpc) is 2.78. The molecule has 0 aliphatic carbocycles. The highest BCUT2D eigenvalue weighted by Crippen LogP contribution is 2.16. The molecule has 0 saturated carbocycles. The topological polar surface area (TPSA) is 59.4 Å². The van der Waals surface area contributed by atoms with Crippen molar-refractivity contribution in [2.24, 2.45) is 0 Å². The fourth-order valence-corrected chi connectivity index (χ4v) is 1.99. The van der Waals surface area contributed by atoms with Crippen molar-refractivity contribution in [1.82, 2.24) is 4.98 Å². The van der Waals surface area contributed by atoms with Crippen molar-refractivity contribution in [3.05, 3.63) is 45.8 Å². The highest BCUT2D eigenvalue weighted by Gasteiger charge is 2.07. The Morgan fingerprint density at radius 1 is 1.53 bits per heavy atom. The van der Waals surface area contributed by atoms with Gasteiger partial charge in [-0.1, -0.05) is 6.07 Å². The maximum absolute atomic E-state index is 10.9. The highest BCUT2D eigenvalue weighted by molar-refractivity contribution is 7.09. The van der Waals surface area contributed by atoms with Gasteiger partial charge in [0, 0.05) is 16.6 Å². The van der Waals surface area contributed by atoms with Crippen molar-refractivity contribution in [3.8, 4) is 5.88 Å². The summed E-state index contributed by atoms with van der Waals surface area (Å²) in [6.45, 7) is 2.15. The molecule has 2 rings (SSSR count). The van der Waals surface area contributed by atoms with Crippen LogP contribution in [0.5, 0.6) is 5.88 Å². The number of nitrogens with zero attached hydrogens (tertiary/aromatic N) is 1. The first-order valence-electron chi connectivity index (χ1n) is 5.02. The van der Waals surface area contributed by atoms with Crippen LogP contribution >= 0.6 is 11.3 Å². The number of carboxylic acid groups (broad SMARTS) is 1. The van der Waals surface area contributed by atoms with Crippen molar-refractivity contribution < 1.29 is 14.6 Å². The van der Waals surface area contributed by atoms with Crippen molar-refractivity contribution in [1.29, 1.82) is 0 Å². The molecule has 0 fully saturated rings. The summed E-state index contributed by atoms with van der Waals surface area (Å²) in [4.78, 5) is 16.1. The van der Waals surface area contributed by atoms with E-state index in [1.165, 1.54) is 12.1 Å². The smallest absolute Gasteiger partial charge is 0.335 e. The number of hydrogen-bond acceptors (Lipinski definition) is 4. The molecule has 0 aliphatic heterocycles. The minimum Gasteiger partial charge on any atom is -0.478 e. The Kier molecular flexibility index (Phi) is 3.39. The van der Waals surface area contributed by atoms with Crippen LogP contribution in [0.3, 0.4) is 0 Å². The number of aryl methyl sites for hydroxylation is 1. The predicted octanol–water partition coefficient (Wildman–Crippen LogP) is 2.73. The second kappa shape index (κ2) is 4.97. The summed E-state index contributed by atoms with van der Waals surface area (Å²) in [6.07, 6.45) is 0. The van der Waals surface area contributed by atoms with Gasteiger partial charge in [0.25, 0.3) is 0 Å². The summed E-state index contributed by atoms with van der Waals surface area (Å²) >= 11 is 1.59. The summed E-state index contributed by atoms with van der Waals surface area (Å²) < 4.78 is 5.46. The molecule has 4 nitrogen and oxygen atoms in total. The molecule has 1 N–H and O–H groups in total. The normalized spacial score (nSPS) is 10.2. The summed E-state index contributed by atoms with van der Waals surface area (Å²) in [6, 6.07) is 6.84. The number of aromatic nitrogens is 1. The van der Waals surface area contributed by atoms with E-state index in [1.807, 2.05) is 17.5 Å². The lowest BCUT2D eigenvalue weighted by molar-refractivity contribution is 0.0696. The van der Waals surface area contributed by atoms with Crippen LogP contribution in [0, 0.1) is 6.92 Å². The van der Waals surface area contributed by atoms with E-state index in [4.69, 9.17) is 9.84 Å². The molecule has 0 unspecified atom stereocenters. The van der Waals surface area contributed by atoms with E-state index >= 15 is 0 Å². The number of thiophene rings is 1. The first-order chi connectivity index (χ1) is 8.15. The van der Waals surface area contributed by atoms with Gasteiger partial charge in [0.1, 0.15) is 6.61 Å². The van der Waals surface area contributed by atoms with Crippen LogP contribution in [0.15, 0.2) is 29.6 Å². The molecule has 0 spiro atoms. The molecule has 17 heavy (non-hydrogen) atoms. The van der Waals surface area contributed by atoms with Crippen LogP contribution in [0.2, 0.25) is 0 Å². The van der Waals surface area contributed by atoms with E-state index in [0.29, 0.717) is 18.2 Å². The second-order valence-corrected chi connectivity index (χ2v) is 4.54. The van der Waals surface area contributed by atoms with Gasteiger partial charge in [0.2, 0.25) is 5.88 Å². The van der Waals surface area contributed by atoms with Gasteiger partial charge in [0.15, 0.2) is 0 Å². The zero-order valence-corrected chi connectivity index (χ0v) is 10.0. The second-order valence-electron chi connectivity index (χ2n) is 3.51. The number of carboxylic acids is 1. The van der Waals surface area contributed by atoms with Crippen LogP contribution in [-0.4, -0.2) is 16.1 Å². The van der Waals surface area contributed by atoms with Crippen molar-refractivity contribution in [2.45, 2.75) is 13.5 Å². The van der Waals surface area contributed by atoms with E-state index in [0.717, 1.165) is 4.88 Å². The van der Waals surface area contributed by atoms with Gasteiger partial charge >= 0.3 is 5.97 Å². The van der Waals surface area contributed by atoms with E-state index in [1.54, 1.807) is 18.3 Å². The van der Waals surface area contributed by atoms with Gasteiger partial charge < -0.3 is 9.84 Å². The van der Waals surface area contributed by atoms with Gasteiger partial charge in [-0.2, -0.15) is 0 Å². The lowest BCUT2D eigenvalue weighted by Crippen LogP contribution is -2.02. The maximum atomic E-state index is 10.9. The minimum absolute atomic E-state index is 0.193. The standard InChI is InChI=1S/C12H11NO3S/c1-8-5-9(12(14)15)6-11(13-8)16-7-10-3-2-4-17-10/h2-6H,7H2,1H3,(H,14,15). The third-order valence-electron chi connectivity index (χ3n) is 2.12. The number of pyridine rings is 1. The molecule has 5 heteroatoms. The molecule has 0 atom stereocenters. The van der Waals surface area contributed by atoms with Gasteiger partial charge in [-0.05, 0) is 24.4 Å². The third-order valence-corrected chi connectivity index (χ3v) is 2.97. The Balaban J connectivity index is 2.13. The Hall–Kier alpha value is -1.88. The number of rotatable bonds is 4. The van der Waals surface area contributed by atoms with Gasteiger partial charge in [0.05, 0.1) is 5.56 Å². The van der Waals surface area contributed by atoms with Crippen molar-refractivity contribution in [2.75, 3.05) is 0 Å². The first-order valence-corrected chi connectivity index (χ1v) is 5.90. The number of ether oxygens (including phenoxy) is 1. The van der Waals surface area contributed by atoms with Gasteiger partial charge in [-0.15, -0.1) is 11.3 Å². The molecule has 0 radical (unpaired) electrons. The lowest BCUT2D eigenvalue weighted by Gasteiger charge is -2.05. The fraction of sp³-hybridized carbons (Fsp3) is 0.167. The van der Waals surface area contributed by atoms with Crippen molar-refractivity contribution >= 4 is 17.3 Å². The van der Waals surface area contributed by atoms with Crippen LogP contribution in [0.4, 0.5) is 0 Å². The molecular weight excluding hydrogens is 238 g/mol. The molecule has 2 heterocycles. The van der Waals surface area contributed by atoms with Crippen LogP contribution in [-0.2, 0) is 6.61 Å². The molecule has 0 bridgehead atoms. The minimum atomic E-state index is -0.975. The van der Waals surface area contributed by atoms with E-state index in [2.05, 4.69) is 4.98 Å². The summed E-state index contributed by atoms with van der Waals surface area (Å²) in [5.74, 6) is -0.632. The number of aromatic carboxylic acids is 1. The fourth-order valence-electron chi connectivity index (χ4n) is 1.38. The van der Waals surface area contributed by atoms with Crippen molar-refractivity contribution in [3.63, 3.8) is 0 Å². The summed E-state index contributed by atoms with van der Waals surface area (Å²) in [5, 5.41) is 10.9. The van der Waals surface area contributed by atoms with Gasteiger partial charge in [-0.25, -0.2) is 9.78 Å². The molecule has 0 aliphatic rings. The highest BCUT2D eigenvalue weighted by atomic mass is 32.1. The largest absolute Gasteiger partial charge is 0.478 e. The van der Waals surface area contributed by atoms with E-state index in [-0.39, 0.29) is 5.56 Å². The lowest BCUT2D eigenvalue weighted by atomic mass is 10.2. The Morgan fingerprint density at radius 2 is 2.35 bits per heavy atom. The average molecular weight is 249 g/mol. The first kappa shape index (κ1) is 11.6. The number of hydrogen-bond donors (Lipinski definition) is 1. The molecule has 0 aromatic carbocycles. The number of carbonyl (C=O) groups is 1. The molecule has 0 saturated heterocycles. The Bertz CT molecular complexity index is 523. The maximum Gasteiger partial charge on any atom is 0.335 e. The quantitative estimate of drug-likeness (QED) is 0.905. The molecular formula is C12H11NO3S. The zero-order chi connectivity index (χ0) is 12.3. The monoisotopic (exact) mass is 249 g/mol. The van der Waals surface area contributed by atoms with Crippen LogP contribution in [0.1, 0.15) is 20.9 Å². The summed E-state index contributed by atoms with van der Waals surface area (Å²) in [5.41, 5.74) is 0.824. The zero-order valence-electron chi connectivity index (χ0n) is 9.21. The Morgan fingerprint density at radius 3 is 3.00 bits per heavy atom.